The summed E-state index contributed by atoms with van der Waals surface area (Å²) in [5, 5.41) is 4.04. The minimum Gasteiger partial charge on any atom is -0.444 e. The van der Waals surface area contributed by atoms with Gasteiger partial charge in [0.2, 0.25) is 5.89 Å². The summed E-state index contributed by atoms with van der Waals surface area (Å²) in [5.74, 6) is 0.571. The smallest absolute Gasteiger partial charge is 0.227 e. The second-order valence-electron chi connectivity index (χ2n) is 4.83. The van der Waals surface area contributed by atoms with Crippen LogP contribution in [0.25, 0.3) is 11.5 Å². The summed E-state index contributed by atoms with van der Waals surface area (Å²) in [4.78, 5) is 6.85. The van der Waals surface area contributed by atoms with Crippen molar-refractivity contribution in [3.63, 3.8) is 0 Å². The highest BCUT2D eigenvalue weighted by molar-refractivity contribution is 6.33. The number of nitrogens with one attached hydrogen (secondary N) is 1. The van der Waals surface area contributed by atoms with Crippen molar-refractivity contribution < 1.29 is 4.42 Å². The van der Waals surface area contributed by atoms with Gasteiger partial charge in [-0.1, -0.05) is 37.6 Å². The lowest BCUT2D eigenvalue weighted by atomic mass is 10.2. The summed E-state index contributed by atoms with van der Waals surface area (Å²) < 4.78 is 5.51. The van der Waals surface area contributed by atoms with Gasteiger partial charge in [0.15, 0.2) is 0 Å². The van der Waals surface area contributed by atoms with Crippen LogP contribution in [0.3, 0.4) is 0 Å². The number of halogens is 1. The standard InChI is InChI=1S/C16H22ClN3O/c1-3-20(4-2)10-9-18-11-13-12-21-16(19-13)14-7-5-6-8-15(14)17/h5-8,12,18H,3-4,9-11H2,1-2H3. The fraction of sp³-hybridized carbons (Fsp3) is 0.438. The number of hydrogen-bond acceptors (Lipinski definition) is 4. The van der Waals surface area contributed by atoms with E-state index in [1.807, 2.05) is 24.3 Å². The SMILES string of the molecule is CCN(CC)CCNCc1coc(-c2ccccc2Cl)n1. The molecule has 0 aliphatic rings. The van der Waals surface area contributed by atoms with Crippen molar-refractivity contribution in [1.29, 1.82) is 0 Å². The topological polar surface area (TPSA) is 41.3 Å². The van der Waals surface area contributed by atoms with Gasteiger partial charge in [-0.2, -0.15) is 0 Å². The predicted molar refractivity (Wildman–Crippen MR) is 86.4 cm³/mol. The van der Waals surface area contributed by atoms with E-state index in [2.05, 4.69) is 29.0 Å². The third-order valence-corrected chi connectivity index (χ3v) is 3.79. The van der Waals surface area contributed by atoms with Crippen LogP contribution in [0.2, 0.25) is 5.02 Å². The number of hydrogen-bond donors (Lipinski definition) is 1. The molecule has 0 fully saturated rings. The highest BCUT2D eigenvalue weighted by Gasteiger charge is 2.09. The van der Waals surface area contributed by atoms with E-state index in [1.165, 1.54) is 0 Å². The van der Waals surface area contributed by atoms with E-state index < -0.39 is 0 Å². The Morgan fingerprint density at radius 3 is 2.71 bits per heavy atom. The van der Waals surface area contributed by atoms with E-state index >= 15 is 0 Å². The summed E-state index contributed by atoms with van der Waals surface area (Å²) in [6, 6.07) is 7.56. The Morgan fingerprint density at radius 1 is 1.24 bits per heavy atom. The Morgan fingerprint density at radius 2 is 2.00 bits per heavy atom. The molecule has 0 saturated heterocycles. The number of aromatic nitrogens is 1. The third kappa shape index (κ3) is 4.56. The number of nitrogens with zero attached hydrogens (tertiary/aromatic N) is 2. The molecule has 0 unspecified atom stereocenters. The Hall–Kier alpha value is -1.36. The molecule has 0 saturated carbocycles. The van der Waals surface area contributed by atoms with Gasteiger partial charge < -0.3 is 14.6 Å². The van der Waals surface area contributed by atoms with E-state index in [0.717, 1.165) is 37.4 Å². The monoisotopic (exact) mass is 307 g/mol. The molecule has 2 aromatic rings. The van der Waals surface area contributed by atoms with Gasteiger partial charge in [0.1, 0.15) is 6.26 Å². The zero-order valence-electron chi connectivity index (χ0n) is 12.6. The molecule has 114 valence electrons. The third-order valence-electron chi connectivity index (χ3n) is 3.46. The zero-order valence-corrected chi connectivity index (χ0v) is 13.4. The van der Waals surface area contributed by atoms with Crippen LogP contribution in [0.4, 0.5) is 0 Å². The van der Waals surface area contributed by atoms with Gasteiger partial charge in [-0.15, -0.1) is 0 Å². The molecule has 4 nitrogen and oxygen atoms in total. The van der Waals surface area contributed by atoms with Gasteiger partial charge in [0.25, 0.3) is 0 Å². The molecule has 0 radical (unpaired) electrons. The Labute approximate surface area is 131 Å². The molecular weight excluding hydrogens is 286 g/mol. The molecule has 1 heterocycles. The molecule has 21 heavy (non-hydrogen) atoms. The maximum absolute atomic E-state index is 6.14. The molecule has 1 aromatic heterocycles. The highest BCUT2D eigenvalue weighted by atomic mass is 35.5. The second-order valence-corrected chi connectivity index (χ2v) is 5.23. The minimum absolute atomic E-state index is 0.571. The summed E-state index contributed by atoms with van der Waals surface area (Å²) >= 11 is 6.14. The minimum atomic E-state index is 0.571. The average Bonchev–Trinajstić information content (AvgIpc) is 2.96. The lowest BCUT2D eigenvalue weighted by Crippen LogP contribution is -2.31. The van der Waals surface area contributed by atoms with Crippen molar-refractivity contribution >= 4 is 11.6 Å². The molecule has 0 amide bonds. The van der Waals surface area contributed by atoms with Gasteiger partial charge >= 0.3 is 0 Å². The Bertz CT molecular complexity index is 552. The molecule has 1 aromatic carbocycles. The summed E-state index contributed by atoms with van der Waals surface area (Å²) in [5.41, 5.74) is 1.72. The number of benzene rings is 1. The fourth-order valence-corrected chi connectivity index (χ4v) is 2.36. The van der Waals surface area contributed by atoms with Gasteiger partial charge in [0.05, 0.1) is 16.3 Å². The normalized spacial score (nSPS) is 11.2. The van der Waals surface area contributed by atoms with Crippen molar-refractivity contribution in [2.24, 2.45) is 0 Å². The lowest BCUT2D eigenvalue weighted by molar-refractivity contribution is 0.302. The van der Waals surface area contributed by atoms with Gasteiger partial charge in [-0.05, 0) is 25.2 Å². The van der Waals surface area contributed by atoms with E-state index in [-0.39, 0.29) is 0 Å². The average molecular weight is 308 g/mol. The number of rotatable bonds is 8. The van der Waals surface area contributed by atoms with E-state index in [0.29, 0.717) is 17.5 Å². The summed E-state index contributed by atoms with van der Waals surface area (Å²) in [6.07, 6.45) is 1.68. The summed E-state index contributed by atoms with van der Waals surface area (Å²) in [6.45, 7) is 9.21. The van der Waals surface area contributed by atoms with Crippen LogP contribution in [0.1, 0.15) is 19.5 Å². The van der Waals surface area contributed by atoms with Crippen LogP contribution in [-0.2, 0) is 6.54 Å². The zero-order chi connectivity index (χ0) is 15.1. The first-order valence-corrected chi connectivity index (χ1v) is 7.74. The molecule has 0 aliphatic heterocycles. The molecule has 5 heteroatoms. The predicted octanol–water partition coefficient (Wildman–Crippen LogP) is 3.43. The van der Waals surface area contributed by atoms with E-state index in [9.17, 15) is 0 Å². The molecule has 0 aliphatic carbocycles. The maximum Gasteiger partial charge on any atom is 0.227 e. The van der Waals surface area contributed by atoms with Crippen molar-refractivity contribution in [2.75, 3.05) is 26.2 Å². The van der Waals surface area contributed by atoms with Crippen LogP contribution in [0, 0.1) is 0 Å². The molecule has 0 atom stereocenters. The van der Waals surface area contributed by atoms with Crippen LogP contribution in [0.15, 0.2) is 34.9 Å². The van der Waals surface area contributed by atoms with Crippen molar-refractivity contribution in [2.45, 2.75) is 20.4 Å². The Kier molecular flexibility index (Phi) is 6.23. The lowest BCUT2D eigenvalue weighted by Gasteiger charge is -2.17. The van der Waals surface area contributed by atoms with Crippen molar-refractivity contribution in [3.8, 4) is 11.5 Å². The maximum atomic E-state index is 6.14. The fourth-order valence-electron chi connectivity index (χ4n) is 2.14. The first-order chi connectivity index (χ1) is 10.2. The number of likely N-dealkylation sites (N-methyl/N-ethyl adjacent to an activating group) is 1. The van der Waals surface area contributed by atoms with Crippen LogP contribution in [-0.4, -0.2) is 36.1 Å². The second kappa shape index (κ2) is 8.17. The largest absolute Gasteiger partial charge is 0.444 e. The van der Waals surface area contributed by atoms with E-state index in [1.54, 1.807) is 6.26 Å². The van der Waals surface area contributed by atoms with Crippen molar-refractivity contribution in [3.05, 3.63) is 41.2 Å². The first-order valence-electron chi connectivity index (χ1n) is 7.37. The quantitative estimate of drug-likeness (QED) is 0.759. The van der Waals surface area contributed by atoms with Gasteiger partial charge in [-0.25, -0.2) is 4.98 Å². The Balaban J connectivity index is 1.85. The van der Waals surface area contributed by atoms with E-state index in [4.69, 9.17) is 16.0 Å². The first kappa shape index (κ1) is 16.0. The van der Waals surface area contributed by atoms with Crippen LogP contribution < -0.4 is 5.32 Å². The molecule has 0 bridgehead atoms. The van der Waals surface area contributed by atoms with Crippen molar-refractivity contribution in [1.82, 2.24) is 15.2 Å². The van der Waals surface area contributed by atoms with Crippen LogP contribution in [0.5, 0.6) is 0 Å². The molecule has 0 spiro atoms. The molecular formula is C16H22ClN3O. The number of oxazole rings is 1. The van der Waals surface area contributed by atoms with Gasteiger partial charge in [0, 0.05) is 19.6 Å². The molecule has 2 rings (SSSR count). The van der Waals surface area contributed by atoms with Crippen LogP contribution >= 0.6 is 11.6 Å². The molecule has 1 N–H and O–H groups in total. The highest BCUT2D eigenvalue weighted by Crippen LogP contribution is 2.26. The summed E-state index contributed by atoms with van der Waals surface area (Å²) in [7, 11) is 0. The van der Waals surface area contributed by atoms with Gasteiger partial charge in [-0.3, -0.25) is 0 Å².